The van der Waals surface area contributed by atoms with E-state index in [1.54, 1.807) is 12.1 Å². The van der Waals surface area contributed by atoms with Crippen molar-refractivity contribution < 1.29 is 4.74 Å². The lowest BCUT2D eigenvalue weighted by atomic mass is 10.2. The Morgan fingerprint density at radius 1 is 1.18 bits per heavy atom. The highest BCUT2D eigenvalue weighted by Crippen LogP contribution is 2.19. The van der Waals surface area contributed by atoms with Crippen LogP contribution in [0.5, 0.6) is 5.75 Å². The highest BCUT2D eigenvalue weighted by molar-refractivity contribution is 6.29. The maximum atomic E-state index is 5.75. The minimum absolute atomic E-state index is 0.366. The third-order valence-electron chi connectivity index (χ3n) is 2.20. The summed E-state index contributed by atoms with van der Waals surface area (Å²) in [7, 11) is 0. The molecule has 0 saturated carbocycles. The van der Waals surface area contributed by atoms with E-state index >= 15 is 0 Å². The van der Waals surface area contributed by atoms with Crippen LogP contribution in [0.15, 0.2) is 42.5 Å². The molecule has 84 valence electrons. The minimum Gasteiger partial charge on any atom is -0.486 e. The largest absolute Gasteiger partial charge is 0.486 e. The Morgan fingerprint density at radius 3 is 2.65 bits per heavy atom. The maximum absolute atomic E-state index is 5.75. The van der Waals surface area contributed by atoms with E-state index < -0.39 is 0 Å². The van der Waals surface area contributed by atoms with Crippen LogP contribution < -0.4 is 4.74 Å². The summed E-state index contributed by atoms with van der Waals surface area (Å²) in [4.78, 5) is 4.01. The molecule has 0 aliphatic heterocycles. The predicted molar refractivity (Wildman–Crippen MR) is 68.0 cm³/mol. The molecule has 0 bridgehead atoms. The zero-order valence-electron chi connectivity index (χ0n) is 9.06. The van der Waals surface area contributed by atoms with Crippen molar-refractivity contribution in [2.75, 3.05) is 0 Å². The van der Waals surface area contributed by atoms with Crippen LogP contribution >= 0.6 is 11.6 Å². The van der Waals surface area contributed by atoms with Gasteiger partial charge >= 0.3 is 0 Å². The normalized spacial score (nSPS) is 9.65. The first-order valence-electron chi connectivity index (χ1n) is 5.09. The van der Waals surface area contributed by atoms with Gasteiger partial charge < -0.3 is 4.74 Å². The second-order valence-corrected chi connectivity index (χ2v) is 3.79. The van der Waals surface area contributed by atoms with Gasteiger partial charge in [-0.05, 0) is 23.6 Å². The van der Waals surface area contributed by atoms with Crippen LogP contribution in [0, 0.1) is 12.3 Å². The van der Waals surface area contributed by atoms with Gasteiger partial charge in [-0.3, -0.25) is 0 Å². The van der Waals surface area contributed by atoms with Crippen molar-refractivity contribution in [1.29, 1.82) is 0 Å². The van der Waals surface area contributed by atoms with Crippen LogP contribution in [-0.2, 0) is 6.61 Å². The molecule has 0 aliphatic carbocycles. The predicted octanol–water partition coefficient (Wildman–Crippen LogP) is 3.30. The Bertz CT molecular complexity index is 546. The molecule has 0 atom stereocenters. The number of terminal acetylenes is 1. The van der Waals surface area contributed by atoms with Gasteiger partial charge in [0, 0.05) is 0 Å². The summed E-state index contributed by atoms with van der Waals surface area (Å²) >= 11 is 5.75. The van der Waals surface area contributed by atoms with Gasteiger partial charge in [-0.25, -0.2) is 4.98 Å². The average molecular weight is 244 g/mol. The molecule has 17 heavy (non-hydrogen) atoms. The molecule has 0 spiro atoms. The van der Waals surface area contributed by atoms with Gasteiger partial charge in [0.15, 0.2) is 11.4 Å². The number of hydrogen-bond donors (Lipinski definition) is 0. The molecule has 0 N–H and O–H groups in total. The Hall–Kier alpha value is -1.98. The third kappa shape index (κ3) is 2.99. The molecular formula is C14H10ClNO. The van der Waals surface area contributed by atoms with Gasteiger partial charge in [0.1, 0.15) is 11.8 Å². The molecule has 1 aromatic heterocycles. The summed E-state index contributed by atoms with van der Waals surface area (Å²) in [5.74, 6) is 3.02. The number of benzene rings is 1. The van der Waals surface area contributed by atoms with E-state index in [2.05, 4.69) is 10.9 Å². The van der Waals surface area contributed by atoms with E-state index in [0.29, 0.717) is 23.2 Å². The van der Waals surface area contributed by atoms with Crippen molar-refractivity contribution in [3.63, 3.8) is 0 Å². The zero-order valence-corrected chi connectivity index (χ0v) is 9.82. The van der Waals surface area contributed by atoms with E-state index in [0.717, 1.165) is 5.56 Å². The molecule has 1 aromatic carbocycles. The monoisotopic (exact) mass is 243 g/mol. The van der Waals surface area contributed by atoms with Crippen molar-refractivity contribution in [3.8, 4) is 18.1 Å². The molecule has 2 aromatic rings. The number of halogens is 1. The third-order valence-corrected chi connectivity index (χ3v) is 2.41. The van der Waals surface area contributed by atoms with Crippen molar-refractivity contribution in [3.05, 3.63) is 58.9 Å². The van der Waals surface area contributed by atoms with E-state index in [9.17, 15) is 0 Å². The first-order chi connectivity index (χ1) is 8.29. The molecule has 1 heterocycles. The number of aromatic nitrogens is 1. The SMILES string of the molecule is C#Cc1nc(Cl)ccc1OCc1ccccc1. The average Bonchev–Trinajstić information content (AvgIpc) is 2.38. The topological polar surface area (TPSA) is 22.1 Å². The van der Waals surface area contributed by atoms with Crippen LogP contribution in [0.3, 0.4) is 0 Å². The van der Waals surface area contributed by atoms with E-state index in [1.807, 2.05) is 30.3 Å². The van der Waals surface area contributed by atoms with Crippen molar-refractivity contribution in [2.45, 2.75) is 6.61 Å². The first-order valence-corrected chi connectivity index (χ1v) is 5.47. The Kier molecular flexibility index (Phi) is 3.64. The van der Waals surface area contributed by atoms with E-state index in [1.165, 1.54) is 0 Å². The maximum Gasteiger partial charge on any atom is 0.156 e. The highest BCUT2D eigenvalue weighted by Gasteiger charge is 2.04. The Labute approximate surface area is 105 Å². The Balaban J connectivity index is 2.12. The molecular weight excluding hydrogens is 234 g/mol. The minimum atomic E-state index is 0.366. The molecule has 0 saturated heterocycles. The summed E-state index contributed by atoms with van der Waals surface area (Å²) in [6.07, 6.45) is 5.34. The molecule has 0 aliphatic rings. The zero-order chi connectivity index (χ0) is 12.1. The van der Waals surface area contributed by atoms with Gasteiger partial charge in [0.2, 0.25) is 0 Å². The number of hydrogen-bond acceptors (Lipinski definition) is 2. The number of nitrogens with zero attached hydrogens (tertiary/aromatic N) is 1. The molecule has 0 fully saturated rings. The lowest BCUT2D eigenvalue weighted by molar-refractivity contribution is 0.304. The summed E-state index contributed by atoms with van der Waals surface area (Å²) in [6.45, 7) is 0.457. The van der Waals surface area contributed by atoms with Gasteiger partial charge in [0.05, 0.1) is 0 Å². The van der Waals surface area contributed by atoms with Crippen molar-refractivity contribution >= 4 is 11.6 Å². The molecule has 2 nitrogen and oxygen atoms in total. The number of pyridine rings is 1. The standard InChI is InChI=1S/C14H10ClNO/c1-2-12-13(8-9-14(15)16-12)17-10-11-6-4-3-5-7-11/h1,3-9H,10H2. The Morgan fingerprint density at radius 2 is 1.94 bits per heavy atom. The smallest absolute Gasteiger partial charge is 0.156 e. The summed E-state index contributed by atoms with van der Waals surface area (Å²) in [5, 5.41) is 0.366. The van der Waals surface area contributed by atoms with Gasteiger partial charge in [-0.15, -0.1) is 6.42 Å². The van der Waals surface area contributed by atoms with Crippen molar-refractivity contribution in [2.24, 2.45) is 0 Å². The second-order valence-electron chi connectivity index (χ2n) is 3.40. The van der Waals surface area contributed by atoms with Crippen LogP contribution in [0.2, 0.25) is 5.15 Å². The molecule has 0 unspecified atom stereocenters. The molecule has 3 heteroatoms. The van der Waals surface area contributed by atoms with Crippen LogP contribution in [-0.4, -0.2) is 4.98 Å². The lowest BCUT2D eigenvalue weighted by Gasteiger charge is -2.07. The summed E-state index contributed by atoms with van der Waals surface area (Å²) < 4.78 is 5.61. The van der Waals surface area contributed by atoms with Crippen LogP contribution in [0.25, 0.3) is 0 Å². The van der Waals surface area contributed by atoms with E-state index in [-0.39, 0.29) is 0 Å². The molecule has 0 amide bonds. The molecule has 2 rings (SSSR count). The first kappa shape index (κ1) is 11.5. The highest BCUT2D eigenvalue weighted by atomic mass is 35.5. The number of rotatable bonds is 3. The summed E-state index contributed by atoms with van der Waals surface area (Å²) in [6, 6.07) is 13.2. The fourth-order valence-electron chi connectivity index (χ4n) is 1.38. The number of ether oxygens (including phenoxy) is 1. The lowest BCUT2D eigenvalue weighted by Crippen LogP contribution is -1.98. The second kappa shape index (κ2) is 5.38. The fourth-order valence-corrected chi connectivity index (χ4v) is 1.53. The van der Waals surface area contributed by atoms with Crippen LogP contribution in [0.1, 0.15) is 11.3 Å². The van der Waals surface area contributed by atoms with Gasteiger partial charge in [-0.1, -0.05) is 41.9 Å². The van der Waals surface area contributed by atoms with E-state index in [4.69, 9.17) is 22.8 Å². The fraction of sp³-hybridized carbons (Fsp3) is 0.0714. The molecule has 0 radical (unpaired) electrons. The quantitative estimate of drug-likeness (QED) is 0.610. The van der Waals surface area contributed by atoms with Crippen LogP contribution in [0.4, 0.5) is 0 Å². The van der Waals surface area contributed by atoms with Gasteiger partial charge in [0.25, 0.3) is 0 Å². The summed E-state index contributed by atoms with van der Waals surface area (Å²) in [5.41, 5.74) is 1.50. The van der Waals surface area contributed by atoms with Gasteiger partial charge in [-0.2, -0.15) is 0 Å². The van der Waals surface area contributed by atoms with Crippen molar-refractivity contribution in [1.82, 2.24) is 4.98 Å².